The third kappa shape index (κ3) is 3.50. The second kappa shape index (κ2) is 7.21. The number of anilines is 1. The zero-order valence-electron chi connectivity index (χ0n) is 14.8. The molecule has 1 unspecified atom stereocenters. The Morgan fingerprint density at radius 3 is 2.67 bits per heavy atom. The summed E-state index contributed by atoms with van der Waals surface area (Å²) in [6.07, 6.45) is 0. The summed E-state index contributed by atoms with van der Waals surface area (Å²) in [5.41, 5.74) is 3.67. The molecular formula is C20H17ClN4OS. The maximum Gasteiger partial charge on any atom is 0.237 e. The maximum absolute atomic E-state index is 12.6. The molecule has 2 heterocycles. The van der Waals surface area contributed by atoms with E-state index in [0.717, 1.165) is 22.1 Å². The highest BCUT2D eigenvalue weighted by Crippen LogP contribution is 2.28. The molecule has 0 aliphatic rings. The number of amides is 1. The van der Waals surface area contributed by atoms with Crippen LogP contribution in [0.15, 0.2) is 59.8 Å². The minimum atomic E-state index is -0.340. The number of carbonyl (C=O) groups excluding carboxylic acids is 1. The van der Waals surface area contributed by atoms with Crippen LogP contribution < -0.4 is 5.32 Å². The summed E-state index contributed by atoms with van der Waals surface area (Å²) in [6.45, 7) is 3.92. The number of benzene rings is 2. The number of halogens is 1. The number of fused-ring (bicyclic) bond motifs is 3. The first-order chi connectivity index (χ1) is 13.0. The molecule has 0 saturated heterocycles. The van der Waals surface area contributed by atoms with Crippen LogP contribution >= 0.6 is 23.4 Å². The fourth-order valence-electron chi connectivity index (χ4n) is 2.94. The molecule has 2 aromatic heterocycles. The molecule has 0 radical (unpaired) electrons. The summed E-state index contributed by atoms with van der Waals surface area (Å²) >= 11 is 7.27. The SMILES string of the molecule is Cc1cc2nnc(SC(C)C(=O)Nc3ccc(Cl)cc3)n2c2ccccc12. The molecule has 0 aliphatic carbocycles. The number of aromatic nitrogens is 3. The molecule has 0 saturated carbocycles. The van der Waals surface area contributed by atoms with Gasteiger partial charge in [-0.25, -0.2) is 0 Å². The topological polar surface area (TPSA) is 59.3 Å². The zero-order valence-corrected chi connectivity index (χ0v) is 16.4. The molecule has 0 fully saturated rings. The van der Waals surface area contributed by atoms with Crippen LogP contribution in [0, 0.1) is 6.92 Å². The molecule has 136 valence electrons. The van der Waals surface area contributed by atoms with E-state index in [1.807, 2.05) is 35.6 Å². The van der Waals surface area contributed by atoms with Crippen LogP contribution in [0.3, 0.4) is 0 Å². The number of para-hydroxylation sites is 1. The number of nitrogens with one attached hydrogen (secondary N) is 1. The van der Waals surface area contributed by atoms with E-state index in [9.17, 15) is 4.79 Å². The molecule has 0 bridgehead atoms. The van der Waals surface area contributed by atoms with Crippen molar-refractivity contribution in [2.45, 2.75) is 24.3 Å². The Bertz CT molecular complexity index is 1140. The van der Waals surface area contributed by atoms with Gasteiger partial charge in [0, 0.05) is 16.1 Å². The van der Waals surface area contributed by atoms with Gasteiger partial charge in [0.15, 0.2) is 10.8 Å². The largest absolute Gasteiger partial charge is 0.325 e. The van der Waals surface area contributed by atoms with Crippen molar-refractivity contribution < 1.29 is 4.79 Å². The lowest BCUT2D eigenvalue weighted by Gasteiger charge is -2.12. The first-order valence-electron chi connectivity index (χ1n) is 8.49. The second-order valence-corrected chi connectivity index (χ2v) is 8.02. The quantitative estimate of drug-likeness (QED) is 0.495. The minimum absolute atomic E-state index is 0.101. The Kier molecular flexibility index (Phi) is 4.76. The van der Waals surface area contributed by atoms with Crippen molar-refractivity contribution in [3.63, 3.8) is 0 Å². The number of pyridine rings is 1. The number of hydrogen-bond acceptors (Lipinski definition) is 4. The average molecular weight is 397 g/mol. The van der Waals surface area contributed by atoms with Crippen molar-refractivity contribution >= 4 is 51.5 Å². The van der Waals surface area contributed by atoms with Crippen LogP contribution in [-0.2, 0) is 4.79 Å². The standard InChI is InChI=1S/C20H17ClN4OS/c1-12-11-18-23-24-20(25(18)17-6-4-3-5-16(12)17)27-13(2)19(26)22-15-9-7-14(21)8-10-15/h3-11,13H,1-2H3,(H,22,26). The van der Waals surface area contributed by atoms with Crippen molar-refractivity contribution in [3.05, 3.63) is 65.2 Å². The summed E-state index contributed by atoms with van der Waals surface area (Å²) in [7, 11) is 0. The molecular weight excluding hydrogens is 380 g/mol. The second-order valence-electron chi connectivity index (χ2n) is 6.28. The van der Waals surface area contributed by atoms with Gasteiger partial charge in [0.25, 0.3) is 0 Å². The molecule has 27 heavy (non-hydrogen) atoms. The number of thioether (sulfide) groups is 1. The highest BCUT2D eigenvalue weighted by atomic mass is 35.5. The smallest absolute Gasteiger partial charge is 0.237 e. The van der Waals surface area contributed by atoms with E-state index < -0.39 is 0 Å². The Morgan fingerprint density at radius 1 is 1.15 bits per heavy atom. The molecule has 0 spiro atoms. The number of rotatable bonds is 4. The number of hydrogen-bond donors (Lipinski definition) is 1. The Morgan fingerprint density at radius 2 is 1.89 bits per heavy atom. The molecule has 4 rings (SSSR count). The van der Waals surface area contributed by atoms with Crippen LogP contribution in [0.5, 0.6) is 0 Å². The molecule has 7 heteroatoms. The lowest BCUT2D eigenvalue weighted by atomic mass is 10.1. The Hall–Kier alpha value is -2.57. The Balaban J connectivity index is 1.62. The monoisotopic (exact) mass is 396 g/mol. The molecule has 2 aromatic carbocycles. The van der Waals surface area contributed by atoms with Crippen molar-refractivity contribution in [1.29, 1.82) is 0 Å². The van der Waals surface area contributed by atoms with Crippen molar-refractivity contribution in [3.8, 4) is 0 Å². The molecule has 1 atom stereocenters. The van der Waals surface area contributed by atoms with E-state index in [0.29, 0.717) is 15.9 Å². The van der Waals surface area contributed by atoms with Crippen molar-refractivity contribution in [1.82, 2.24) is 14.6 Å². The lowest BCUT2D eigenvalue weighted by Crippen LogP contribution is -2.22. The van der Waals surface area contributed by atoms with Gasteiger partial charge in [-0.05, 0) is 55.8 Å². The van der Waals surface area contributed by atoms with Gasteiger partial charge in [-0.15, -0.1) is 10.2 Å². The Labute approximate surface area is 165 Å². The van der Waals surface area contributed by atoms with E-state index >= 15 is 0 Å². The lowest BCUT2D eigenvalue weighted by molar-refractivity contribution is -0.115. The normalized spacial score (nSPS) is 12.4. The predicted molar refractivity (Wildman–Crippen MR) is 111 cm³/mol. The van der Waals surface area contributed by atoms with E-state index in [2.05, 4.69) is 28.5 Å². The fraction of sp³-hybridized carbons (Fsp3) is 0.150. The third-order valence-corrected chi connectivity index (χ3v) is 5.63. The van der Waals surface area contributed by atoms with E-state index in [1.165, 1.54) is 11.8 Å². The van der Waals surface area contributed by atoms with Gasteiger partial charge < -0.3 is 5.32 Å². The van der Waals surface area contributed by atoms with Crippen LogP contribution in [0.2, 0.25) is 5.02 Å². The van der Waals surface area contributed by atoms with Crippen LogP contribution in [-0.4, -0.2) is 25.8 Å². The van der Waals surface area contributed by atoms with Gasteiger partial charge in [0.1, 0.15) is 0 Å². The summed E-state index contributed by atoms with van der Waals surface area (Å²) in [6, 6.07) is 17.2. The zero-order chi connectivity index (χ0) is 19.0. The molecule has 0 aliphatic heterocycles. The first-order valence-corrected chi connectivity index (χ1v) is 9.75. The number of nitrogens with zero attached hydrogens (tertiary/aromatic N) is 3. The highest BCUT2D eigenvalue weighted by Gasteiger charge is 2.19. The van der Waals surface area contributed by atoms with E-state index in [-0.39, 0.29) is 11.2 Å². The highest BCUT2D eigenvalue weighted by molar-refractivity contribution is 8.00. The van der Waals surface area contributed by atoms with Crippen LogP contribution in [0.25, 0.3) is 16.6 Å². The summed E-state index contributed by atoms with van der Waals surface area (Å²) < 4.78 is 2.00. The fourth-order valence-corrected chi connectivity index (χ4v) is 3.93. The molecule has 4 aromatic rings. The van der Waals surface area contributed by atoms with Gasteiger partial charge in [-0.1, -0.05) is 41.6 Å². The van der Waals surface area contributed by atoms with Gasteiger partial charge in [-0.2, -0.15) is 0 Å². The van der Waals surface area contributed by atoms with E-state index in [1.54, 1.807) is 24.3 Å². The first kappa shape index (κ1) is 17.8. The van der Waals surface area contributed by atoms with Crippen LogP contribution in [0.4, 0.5) is 5.69 Å². The molecule has 1 N–H and O–H groups in total. The van der Waals surface area contributed by atoms with Gasteiger partial charge in [0.05, 0.1) is 10.8 Å². The number of carbonyl (C=O) groups is 1. The van der Waals surface area contributed by atoms with Crippen molar-refractivity contribution in [2.24, 2.45) is 0 Å². The average Bonchev–Trinajstić information content (AvgIpc) is 3.06. The number of aryl methyl sites for hydroxylation is 1. The predicted octanol–water partition coefficient (Wildman–Crippen LogP) is 4.96. The summed E-state index contributed by atoms with van der Waals surface area (Å²) in [5, 5.41) is 13.6. The minimum Gasteiger partial charge on any atom is -0.325 e. The van der Waals surface area contributed by atoms with Gasteiger partial charge in [0.2, 0.25) is 5.91 Å². The van der Waals surface area contributed by atoms with Gasteiger partial charge >= 0.3 is 0 Å². The molecule has 1 amide bonds. The van der Waals surface area contributed by atoms with Crippen LogP contribution in [0.1, 0.15) is 12.5 Å². The molecule has 5 nitrogen and oxygen atoms in total. The third-order valence-electron chi connectivity index (χ3n) is 4.34. The summed E-state index contributed by atoms with van der Waals surface area (Å²) in [5.74, 6) is -0.101. The summed E-state index contributed by atoms with van der Waals surface area (Å²) in [4.78, 5) is 12.6. The van der Waals surface area contributed by atoms with E-state index in [4.69, 9.17) is 11.6 Å². The maximum atomic E-state index is 12.6. The van der Waals surface area contributed by atoms with Gasteiger partial charge in [-0.3, -0.25) is 9.20 Å². The van der Waals surface area contributed by atoms with Crippen molar-refractivity contribution in [2.75, 3.05) is 5.32 Å².